The number of rotatable bonds is 3. The van der Waals surface area contributed by atoms with Crippen LogP contribution >= 0.6 is 0 Å². The number of aliphatic imine (C=N–C) groups is 1. The van der Waals surface area contributed by atoms with Crippen LogP contribution in [0.3, 0.4) is 0 Å². The van der Waals surface area contributed by atoms with E-state index in [-0.39, 0.29) is 18.4 Å². The second kappa shape index (κ2) is 6.14. The van der Waals surface area contributed by atoms with Crippen LogP contribution in [0.25, 0.3) is 11.8 Å². The van der Waals surface area contributed by atoms with Crippen molar-refractivity contribution >= 4 is 17.9 Å². The molecule has 3 heterocycles. The van der Waals surface area contributed by atoms with Crippen LogP contribution in [0, 0.1) is 0 Å². The van der Waals surface area contributed by atoms with E-state index >= 15 is 0 Å². The first-order chi connectivity index (χ1) is 13.3. The highest BCUT2D eigenvalue weighted by Crippen LogP contribution is 2.33. The zero-order valence-electron chi connectivity index (χ0n) is 14.0. The summed E-state index contributed by atoms with van der Waals surface area (Å²) in [4.78, 5) is 16.5. The number of aromatic nitrogens is 2. The molecule has 0 amide bonds. The van der Waals surface area contributed by atoms with Crippen LogP contribution < -0.4 is 9.47 Å². The van der Waals surface area contributed by atoms with E-state index in [9.17, 15) is 4.79 Å². The van der Waals surface area contributed by atoms with Gasteiger partial charge in [0.15, 0.2) is 17.2 Å². The third kappa shape index (κ3) is 2.85. The minimum atomic E-state index is -0.505. The molecule has 7 nitrogen and oxygen atoms in total. The summed E-state index contributed by atoms with van der Waals surface area (Å²) < 4.78 is 17.7. The molecule has 0 aliphatic carbocycles. The van der Waals surface area contributed by atoms with Crippen molar-refractivity contribution in [2.45, 2.75) is 0 Å². The molecule has 2 aliphatic rings. The molecule has 7 heteroatoms. The van der Waals surface area contributed by atoms with Crippen LogP contribution in [0.15, 0.2) is 71.6 Å². The summed E-state index contributed by atoms with van der Waals surface area (Å²) in [6.45, 7) is 0.182. The molecule has 0 atom stereocenters. The molecule has 2 aromatic carbocycles. The van der Waals surface area contributed by atoms with Crippen LogP contribution in [-0.4, -0.2) is 28.4 Å². The van der Waals surface area contributed by atoms with Crippen molar-refractivity contribution in [3.8, 4) is 17.2 Å². The van der Waals surface area contributed by atoms with Crippen molar-refractivity contribution in [1.82, 2.24) is 9.78 Å². The number of carbonyl (C=O) groups excluding carboxylic acids is 1. The lowest BCUT2D eigenvalue weighted by Crippen LogP contribution is -2.05. The number of hydrogen-bond donors (Lipinski definition) is 0. The van der Waals surface area contributed by atoms with Gasteiger partial charge in [0.2, 0.25) is 12.7 Å². The van der Waals surface area contributed by atoms with Gasteiger partial charge in [-0.05, 0) is 36.4 Å². The standard InChI is InChI=1S/C20H13N3O4/c24-20-16(8-13-10-21-23(11-13)15-4-2-1-3-5-15)22-19(27-20)14-6-7-17-18(9-14)26-12-25-17/h1-11H,12H2/b16-8-. The number of carbonyl (C=O) groups is 1. The summed E-state index contributed by atoms with van der Waals surface area (Å²) in [5, 5.41) is 4.31. The Bertz CT molecular complexity index is 1100. The average molecular weight is 359 g/mol. The van der Waals surface area contributed by atoms with Gasteiger partial charge in [-0.2, -0.15) is 5.10 Å². The largest absolute Gasteiger partial charge is 0.454 e. The van der Waals surface area contributed by atoms with Gasteiger partial charge in [-0.3, -0.25) is 0 Å². The van der Waals surface area contributed by atoms with E-state index in [1.807, 2.05) is 36.5 Å². The van der Waals surface area contributed by atoms with Gasteiger partial charge in [-0.1, -0.05) is 18.2 Å². The Labute approximate surface area is 154 Å². The molecule has 0 spiro atoms. The molecule has 27 heavy (non-hydrogen) atoms. The summed E-state index contributed by atoms with van der Waals surface area (Å²) in [7, 11) is 0. The highest BCUT2D eigenvalue weighted by molar-refractivity contribution is 6.13. The first-order valence-electron chi connectivity index (χ1n) is 8.29. The summed E-state index contributed by atoms with van der Waals surface area (Å²) in [6, 6.07) is 15.0. The first-order valence-corrected chi connectivity index (χ1v) is 8.29. The lowest BCUT2D eigenvalue weighted by atomic mass is 10.2. The number of para-hydroxylation sites is 1. The molecule has 0 bridgehead atoms. The van der Waals surface area contributed by atoms with E-state index < -0.39 is 5.97 Å². The number of benzene rings is 2. The van der Waals surface area contributed by atoms with Crippen LogP contribution in [-0.2, 0) is 9.53 Å². The van der Waals surface area contributed by atoms with Crippen LogP contribution in [0.5, 0.6) is 11.5 Å². The summed E-state index contributed by atoms with van der Waals surface area (Å²) in [5.41, 5.74) is 2.55. The van der Waals surface area contributed by atoms with Crippen molar-refractivity contribution in [3.63, 3.8) is 0 Å². The fourth-order valence-corrected chi connectivity index (χ4v) is 2.85. The molecule has 5 rings (SSSR count). The maximum atomic E-state index is 12.2. The Hall–Kier alpha value is -3.87. The molecule has 2 aliphatic heterocycles. The van der Waals surface area contributed by atoms with Gasteiger partial charge in [-0.25, -0.2) is 14.5 Å². The highest BCUT2D eigenvalue weighted by atomic mass is 16.7. The van der Waals surface area contributed by atoms with Crippen molar-refractivity contribution in [2.75, 3.05) is 6.79 Å². The molecule has 0 N–H and O–H groups in total. The van der Waals surface area contributed by atoms with Crippen LogP contribution in [0.2, 0.25) is 0 Å². The van der Waals surface area contributed by atoms with E-state index in [0.29, 0.717) is 17.1 Å². The molecule has 0 saturated carbocycles. The van der Waals surface area contributed by atoms with Gasteiger partial charge in [0, 0.05) is 17.3 Å². The molecular weight excluding hydrogens is 346 g/mol. The van der Waals surface area contributed by atoms with E-state index in [2.05, 4.69) is 10.1 Å². The average Bonchev–Trinajstić information content (AvgIpc) is 3.43. The van der Waals surface area contributed by atoms with Gasteiger partial charge in [-0.15, -0.1) is 0 Å². The Morgan fingerprint density at radius 1 is 1.04 bits per heavy atom. The van der Waals surface area contributed by atoms with Gasteiger partial charge in [0.05, 0.1) is 11.9 Å². The van der Waals surface area contributed by atoms with E-state index in [1.165, 1.54) is 0 Å². The molecule has 3 aromatic rings. The third-order valence-electron chi connectivity index (χ3n) is 4.17. The normalized spacial score (nSPS) is 16.5. The number of esters is 1. The fourth-order valence-electron chi connectivity index (χ4n) is 2.85. The van der Waals surface area contributed by atoms with Crippen molar-refractivity contribution in [2.24, 2.45) is 4.99 Å². The molecule has 0 radical (unpaired) electrons. The topological polar surface area (TPSA) is 74.9 Å². The maximum absolute atomic E-state index is 12.2. The van der Waals surface area contributed by atoms with Crippen molar-refractivity contribution < 1.29 is 19.0 Å². The van der Waals surface area contributed by atoms with Gasteiger partial charge < -0.3 is 14.2 Å². The Morgan fingerprint density at radius 2 is 1.89 bits per heavy atom. The number of hydrogen-bond acceptors (Lipinski definition) is 6. The van der Waals surface area contributed by atoms with Gasteiger partial charge in [0.25, 0.3) is 0 Å². The number of ether oxygens (including phenoxy) is 3. The van der Waals surface area contributed by atoms with E-state index in [1.54, 1.807) is 35.2 Å². The molecule has 0 fully saturated rings. The summed E-state index contributed by atoms with van der Waals surface area (Å²) in [5.74, 6) is 0.996. The highest BCUT2D eigenvalue weighted by Gasteiger charge is 2.26. The second-order valence-corrected chi connectivity index (χ2v) is 5.96. The van der Waals surface area contributed by atoms with Crippen molar-refractivity contribution in [1.29, 1.82) is 0 Å². The summed E-state index contributed by atoms with van der Waals surface area (Å²) in [6.07, 6.45) is 5.14. The zero-order chi connectivity index (χ0) is 18.2. The monoisotopic (exact) mass is 359 g/mol. The molecule has 1 aromatic heterocycles. The number of fused-ring (bicyclic) bond motifs is 1. The van der Waals surface area contributed by atoms with Crippen LogP contribution in [0.1, 0.15) is 11.1 Å². The van der Waals surface area contributed by atoms with Gasteiger partial charge >= 0.3 is 5.97 Å². The summed E-state index contributed by atoms with van der Waals surface area (Å²) >= 11 is 0. The quantitative estimate of drug-likeness (QED) is 0.531. The minimum Gasteiger partial charge on any atom is -0.454 e. The van der Waals surface area contributed by atoms with E-state index in [0.717, 1.165) is 11.3 Å². The van der Waals surface area contributed by atoms with Crippen LogP contribution in [0.4, 0.5) is 0 Å². The fraction of sp³-hybridized carbons (Fsp3) is 0.0500. The molecular formula is C20H13N3O4. The Kier molecular flexibility index (Phi) is 3.50. The Balaban J connectivity index is 1.43. The lowest BCUT2D eigenvalue weighted by Gasteiger charge is -2.01. The third-order valence-corrected chi connectivity index (χ3v) is 4.17. The number of cyclic esters (lactones) is 1. The van der Waals surface area contributed by atoms with E-state index in [4.69, 9.17) is 14.2 Å². The minimum absolute atomic E-state index is 0.182. The Morgan fingerprint density at radius 3 is 2.78 bits per heavy atom. The molecule has 132 valence electrons. The van der Waals surface area contributed by atoms with Gasteiger partial charge in [0.1, 0.15) is 0 Å². The zero-order valence-corrected chi connectivity index (χ0v) is 14.0. The predicted molar refractivity (Wildman–Crippen MR) is 96.7 cm³/mol. The SMILES string of the molecule is O=C1OC(c2ccc3c(c2)OCO3)=N/C1=C\c1cnn(-c2ccccc2)c1. The molecule has 0 saturated heterocycles. The smallest absolute Gasteiger partial charge is 0.363 e. The predicted octanol–water partition coefficient (Wildman–Crippen LogP) is 2.95. The number of nitrogens with zero attached hydrogens (tertiary/aromatic N) is 3. The molecule has 0 unspecified atom stereocenters. The first kappa shape index (κ1) is 15.4. The second-order valence-electron chi connectivity index (χ2n) is 5.96. The maximum Gasteiger partial charge on any atom is 0.363 e. The van der Waals surface area contributed by atoms with Crippen molar-refractivity contribution in [3.05, 3.63) is 77.7 Å². The lowest BCUT2D eigenvalue weighted by molar-refractivity contribution is -0.129.